The van der Waals surface area contributed by atoms with Crippen molar-refractivity contribution in [2.75, 3.05) is 6.61 Å². The zero-order chi connectivity index (χ0) is 13.1. The van der Waals surface area contributed by atoms with Crippen LogP contribution in [0.1, 0.15) is 44.1 Å². The highest BCUT2D eigenvalue weighted by atomic mass is 35.5. The molecule has 3 rings (SSSR count). The molecular formula is C17H23ClO. The maximum atomic E-state index is 6.44. The fourth-order valence-electron chi connectivity index (χ4n) is 3.75. The van der Waals surface area contributed by atoms with Gasteiger partial charge in [-0.05, 0) is 37.7 Å². The van der Waals surface area contributed by atoms with Crippen LogP contribution in [-0.4, -0.2) is 18.1 Å². The van der Waals surface area contributed by atoms with Crippen molar-refractivity contribution in [1.29, 1.82) is 0 Å². The Bertz CT molecular complexity index is 397. The van der Waals surface area contributed by atoms with Gasteiger partial charge in [0.2, 0.25) is 0 Å². The molecule has 0 amide bonds. The Morgan fingerprint density at radius 2 is 1.89 bits per heavy atom. The molecule has 104 valence electrons. The molecule has 2 aliphatic carbocycles. The van der Waals surface area contributed by atoms with Crippen molar-refractivity contribution in [1.82, 2.24) is 0 Å². The highest BCUT2D eigenvalue weighted by molar-refractivity contribution is 6.21. The Hall–Kier alpha value is -0.530. The Balaban J connectivity index is 1.41. The van der Waals surface area contributed by atoms with Crippen molar-refractivity contribution >= 4 is 11.6 Å². The van der Waals surface area contributed by atoms with Gasteiger partial charge in [-0.3, -0.25) is 0 Å². The highest BCUT2D eigenvalue weighted by Crippen LogP contribution is 2.57. The molecule has 1 aromatic rings. The third-order valence-electron chi connectivity index (χ3n) is 4.99. The fourth-order valence-corrected chi connectivity index (χ4v) is 4.27. The summed E-state index contributed by atoms with van der Waals surface area (Å²) in [5, 5.41) is 0.370. The standard InChI is InChI=1S/C17H23ClO/c18-15-13-16(17(15)10-4-5-11-17)19-12-6-9-14-7-2-1-3-8-14/h1-3,7-8,15-16H,4-6,9-13H2. The summed E-state index contributed by atoms with van der Waals surface area (Å²) in [5.74, 6) is 0. The molecule has 2 saturated carbocycles. The van der Waals surface area contributed by atoms with Gasteiger partial charge in [-0.1, -0.05) is 43.2 Å². The molecule has 0 N–H and O–H groups in total. The predicted octanol–water partition coefficient (Wildman–Crippen LogP) is 4.58. The van der Waals surface area contributed by atoms with E-state index in [0.717, 1.165) is 25.9 Å². The van der Waals surface area contributed by atoms with Gasteiger partial charge in [-0.2, -0.15) is 0 Å². The van der Waals surface area contributed by atoms with E-state index < -0.39 is 0 Å². The van der Waals surface area contributed by atoms with E-state index in [-0.39, 0.29) is 0 Å². The lowest BCUT2D eigenvalue weighted by atomic mass is 9.64. The average Bonchev–Trinajstić information content (AvgIpc) is 2.96. The fraction of sp³-hybridized carbons (Fsp3) is 0.647. The molecule has 0 aromatic heterocycles. The SMILES string of the molecule is ClC1CC(OCCCc2ccccc2)C12CCCC2. The molecule has 0 bridgehead atoms. The van der Waals surface area contributed by atoms with Gasteiger partial charge in [-0.25, -0.2) is 0 Å². The normalized spacial score (nSPS) is 28.5. The zero-order valence-electron chi connectivity index (χ0n) is 11.5. The first-order valence-corrected chi connectivity index (χ1v) is 8.04. The average molecular weight is 279 g/mol. The predicted molar refractivity (Wildman–Crippen MR) is 79.7 cm³/mol. The van der Waals surface area contributed by atoms with Gasteiger partial charge in [0.25, 0.3) is 0 Å². The van der Waals surface area contributed by atoms with Gasteiger partial charge >= 0.3 is 0 Å². The summed E-state index contributed by atoms with van der Waals surface area (Å²) in [7, 11) is 0. The lowest BCUT2D eigenvalue weighted by Crippen LogP contribution is -2.54. The van der Waals surface area contributed by atoms with Gasteiger partial charge in [0.15, 0.2) is 0 Å². The first-order chi connectivity index (χ1) is 9.31. The van der Waals surface area contributed by atoms with Gasteiger partial charge in [0, 0.05) is 17.4 Å². The maximum absolute atomic E-state index is 6.44. The third-order valence-corrected chi connectivity index (χ3v) is 5.60. The highest BCUT2D eigenvalue weighted by Gasteiger charge is 2.55. The van der Waals surface area contributed by atoms with Crippen LogP contribution < -0.4 is 0 Å². The van der Waals surface area contributed by atoms with Crippen LogP contribution in [0.4, 0.5) is 0 Å². The van der Waals surface area contributed by atoms with Crippen LogP contribution in [0.25, 0.3) is 0 Å². The summed E-state index contributed by atoms with van der Waals surface area (Å²) in [4.78, 5) is 0. The van der Waals surface area contributed by atoms with E-state index in [1.807, 2.05) is 0 Å². The minimum absolute atomic E-state index is 0.342. The van der Waals surface area contributed by atoms with Gasteiger partial charge in [-0.15, -0.1) is 11.6 Å². The summed E-state index contributed by atoms with van der Waals surface area (Å²) < 4.78 is 6.12. The summed E-state index contributed by atoms with van der Waals surface area (Å²) in [6.45, 7) is 0.880. The van der Waals surface area contributed by atoms with E-state index in [1.54, 1.807) is 0 Å². The van der Waals surface area contributed by atoms with Crippen LogP contribution >= 0.6 is 11.6 Å². The minimum atomic E-state index is 0.342. The van der Waals surface area contributed by atoms with Crippen molar-refractivity contribution in [2.24, 2.45) is 5.41 Å². The summed E-state index contributed by atoms with van der Waals surface area (Å²) in [5.41, 5.74) is 1.75. The number of ether oxygens (including phenoxy) is 1. The summed E-state index contributed by atoms with van der Waals surface area (Å²) in [6, 6.07) is 10.7. The van der Waals surface area contributed by atoms with Gasteiger partial charge in [0.05, 0.1) is 6.10 Å². The number of benzene rings is 1. The first kappa shape index (κ1) is 13.5. The first-order valence-electron chi connectivity index (χ1n) is 7.61. The van der Waals surface area contributed by atoms with Crippen molar-refractivity contribution < 1.29 is 4.74 Å². The van der Waals surface area contributed by atoms with E-state index in [1.165, 1.54) is 31.2 Å². The third kappa shape index (κ3) is 2.68. The molecule has 1 spiro atoms. The van der Waals surface area contributed by atoms with Crippen LogP contribution in [-0.2, 0) is 11.2 Å². The van der Waals surface area contributed by atoms with Crippen LogP contribution in [0.15, 0.2) is 30.3 Å². The Morgan fingerprint density at radius 1 is 1.16 bits per heavy atom. The second kappa shape index (κ2) is 5.85. The Morgan fingerprint density at radius 3 is 2.58 bits per heavy atom. The maximum Gasteiger partial charge on any atom is 0.0659 e. The number of aryl methyl sites for hydroxylation is 1. The van der Waals surface area contributed by atoms with E-state index in [4.69, 9.17) is 16.3 Å². The summed E-state index contributed by atoms with van der Waals surface area (Å²) >= 11 is 6.44. The van der Waals surface area contributed by atoms with Crippen molar-refractivity contribution in [3.05, 3.63) is 35.9 Å². The molecule has 2 fully saturated rings. The quantitative estimate of drug-likeness (QED) is 0.566. The largest absolute Gasteiger partial charge is 0.378 e. The van der Waals surface area contributed by atoms with Gasteiger partial charge in [0.1, 0.15) is 0 Å². The van der Waals surface area contributed by atoms with Crippen LogP contribution in [0.3, 0.4) is 0 Å². The number of rotatable bonds is 5. The number of hydrogen-bond donors (Lipinski definition) is 0. The van der Waals surface area contributed by atoms with E-state index in [9.17, 15) is 0 Å². The Labute approximate surface area is 121 Å². The monoisotopic (exact) mass is 278 g/mol. The molecule has 0 aliphatic heterocycles. The molecule has 0 saturated heterocycles. The molecule has 0 radical (unpaired) electrons. The molecule has 0 heterocycles. The van der Waals surface area contributed by atoms with Crippen LogP contribution in [0, 0.1) is 5.41 Å². The Kier molecular flexibility index (Phi) is 4.14. The summed E-state index contributed by atoms with van der Waals surface area (Å²) in [6.07, 6.45) is 8.98. The second-order valence-corrected chi connectivity index (χ2v) is 6.62. The molecular weight excluding hydrogens is 256 g/mol. The lowest BCUT2D eigenvalue weighted by molar-refractivity contribution is -0.104. The minimum Gasteiger partial charge on any atom is -0.378 e. The van der Waals surface area contributed by atoms with Crippen LogP contribution in [0.2, 0.25) is 0 Å². The molecule has 2 heteroatoms. The molecule has 1 aromatic carbocycles. The zero-order valence-corrected chi connectivity index (χ0v) is 12.2. The smallest absolute Gasteiger partial charge is 0.0659 e. The number of halogens is 1. The molecule has 1 nitrogen and oxygen atoms in total. The molecule has 19 heavy (non-hydrogen) atoms. The molecule has 2 aliphatic rings. The topological polar surface area (TPSA) is 9.23 Å². The molecule has 2 atom stereocenters. The van der Waals surface area contributed by atoms with E-state index in [0.29, 0.717) is 16.9 Å². The lowest BCUT2D eigenvalue weighted by Gasteiger charge is -2.51. The molecule has 2 unspecified atom stereocenters. The number of alkyl halides is 1. The van der Waals surface area contributed by atoms with Crippen LogP contribution in [0.5, 0.6) is 0 Å². The number of hydrogen-bond acceptors (Lipinski definition) is 1. The van der Waals surface area contributed by atoms with Crippen molar-refractivity contribution in [2.45, 2.75) is 56.4 Å². The van der Waals surface area contributed by atoms with Gasteiger partial charge < -0.3 is 4.74 Å². The van der Waals surface area contributed by atoms with Crippen molar-refractivity contribution in [3.8, 4) is 0 Å². The van der Waals surface area contributed by atoms with E-state index in [2.05, 4.69) is 30.3 Å². The van der Waals surface area contributed by atoms with Crippen molar-refractivity contribution in [3.63, 3.8) is 0 Å². The van der Waals surface area contributed by atoms with E-state index >= 15 is 0 Å². The second-order valence-electron chi connectivity index (χ2n) is 6.09.